The molecular formula is C20H19N3O. The number of hydrogen-bond acceptors (Lipinski definition) is 3. The van der Waals surface area contributed by atoms with Crippen molar-refractivity contribution in [2.75, 3.05) is 10.6 Å². The van der Waals surface area contributed by atoms with Crippen LogP contribution in [0.3, 0.4) is 0 Å². The number of rotatable bonds is 4. The third-order valence-electron chi connectivity index (χ3n) is 3.59. The summed E-state index contributed by atoms with van der Waals surface area (Å²) in [5.41, 5.74) is 4.74. The zero-order valence-electron chi connectivity index (χ0n) is 13.7. The molecule has 1 aromatic heterocycles. The Hall–Kier alpha value is -3.14. The van der Waals surface area contributed by atoms with Crippen LogP contribution in [-0.4, -0.2) is 10.9 Å². The van der Waals surface area contributed by atoms with E-state index in [1.165, 1.54) is 5.56 Å². The molecule has 0 aliphatic heterocycles. The molecule has 4 heteroatoms. The lowest BCUT2D eigenvalue weighted by atomic mass is 10.1. The van der Waals surface area contributed by atoms with E-state index in [4.69, 9.17) is 0 Å². The Kier molecular flexibility index (Phi) is 4.57. The van der Waals surface area contributed by atoms with Gasteiger partial charge in [0.25, 0.3) is 5.91 Å². The maximum Gasteiger partial charge on any atom is 0.256 e. The van der Waals surface area contributed by atoms with Crippen molar-refractivity contribution in [1.82, 2.24) is 4.98 Å². The molecular weight excluding hydrogens is 298 g/mol. The van der Waals surface area contributed by atoms with Gasteiger partial charge in [0.15, 0.2) is 0 Å². The van der Waals surface area contributed by atoms with Crippen molar-refractivity contribution in [3.8, 4) is 0 Å². The topological polar surface area (TPSA) is 54.0 Å². The van der Waals surface area contributed by atoms with Gasteiger partial charge in [-0.2, -0.15) is 0 Å². The number of aromatic nitrogens is 1. The van der Waals surface area contributed by atoms with E-state index in [1.807, 2.05) is 56.3 Å². The second-order valence-corrected chi connectivity index (χ2v) is 5.75. The lowest BCUT2D eigenvalue weighted by Gasteiger charge is -2.09. The molecule has 1 amide bonds. The fourth-order valence-corrected chi connectivity index (χ4v) is 2.41. The number of hydrogen-bond donors (Lipinski definition) is 2. The standard InChI is InChI=1S/C20H19N3O/c1-14-5-3-7-16(11-14)20(24)23-19-10-9-18(13-21-19)22-17-8-4-6-15(2)12-17/h3-13,22H,1-2H3,(H,21,23,24). The van der Waals surface area contributed by atoms with Gasteiger partial charge in [0, 0.05) is 11.3 Å². The molecule has 0 atom stereocenters. The van der Waals surface area contributed by atoms with Crippen molar-refractivity contribution in [2.24, 2.45) is 0 Å². The Labute approximate surface area is 141 Å². The van der Waals surface area contributed by atoms with E-state index in [0.717, 1.165) is 16.9 Å². The highest BCUT2D eigenvalue weighted by molar-refractivity contribution is 6.03. The number of anilines is 3. The first-order valence-corrected chi connectivity index (χ1v) is 7.78. The third-order valence-corrected chi connectivity index (χ3v) is 3.59. The molecule has 0 fully saturated rings. The van der Waals surface area contributed by atoms with Crippen molar-refractivity contribution in [3.05, 3.63) is 83.6 Å². The van der Waals surface area contributed by atoms with E-state index in [-0.39, 0.29) is 5.91 Å². The maximum absolute atomic E-state index is 12.2. The fraction of sp³-hybridized carbons (Fsp3) is 0.100. The number of carbonyl (C=O) groups excluding carboxylic acids is 1. The van der Waals surface area contributed by atoms with E-state index in [0.29, 0.717) is 11.4 Å². The van der Waals surface area contributed by atoms with Gasteiger partial charge < -0.3 is 10.6 Å². The summed E-state index contributed by atoms with van der Waals surface area (Å²) in [5, 5.41) is 6.10. The van der Waals surface area contributed by atoms with Crippen LogP contribution < -0.4 is 10.6 Å². The van der Waals surface area contributed by atoms with Crippen molar-refractivity contribution >= 4 is 23.1 Å². The molecule has 2 aromatic carbocycles. The summed E-state index contributed by atoms with van der Waals surface area (Å²) in [4.78, 5) is 16.5. The molecule has 0 aliphatic rings. The van der Waals surface area contributed by atoms with Gasteiger partial charge in [0.05, 0.1) is 11.9 Å². The molecule has 3 rings (SSSR count). The first-order valence-electron chi connectivity index (χ1n) is 7.78. The minimum absolute atomic E-state index is 0.161. The molecule has 0 saturated carbocycles. The van der Waals surface area contributed by atoms with Gasteiger partial charge in [-0.3, -0.25) is 4.79 Å². The molecule has 2 N–H and O–H groups in total. The molecule has 1 heterocycles. The number of nitrogens with zero attached hydrogens (tertiary/aromatic N) is 1. The molecule has 3 aromatic rings. The van der Waals surface area contributed by atoms with E-state index in [1.54, 1.807) is 18.3 Å². The third kappa shape index (κ3) is 3.98. The van der Waals surface area contributed by atoms with Crippen LogP contribution in [0.25, 0.3) is 0 Å². The first-order chi connectivity index (χ1) is 11.6. The summed E-state index contributed by atoms with van der Waals surface area (Å²) in [5.74, 6) is 0.363. The lowest BCUT2D eigenvalue weighted by molar-refractivity contribution is 0.102. The molecule has 0 aliphatic carbocycles. The van der Waals surface area contributed by atoms with Crippen LogP contribution >= 0.6 is 0 Å². The van der Waals surface area contributed by atoms with Crippen LogP contribution in [0.5, 0.6) is 0 Å². The predicted octanol–water partition coefficient (Wildman–Crippen LogP) is 4.69. The average Bonchev–Trinajstić information content (AvgIpc) is 2.57. The Balaban J connectivity index is 1.67. The molecule has 24 heavy (non-hydrogen) atoms. The second kappa shape index (κ2) is 6.96. The highest BCUT2D eigenvalue weighted by atomic mass is 16.1. The Morgan fingerprint density at radius 2 is 1.62 bits per heavy atom. The van der Waals surface area contributed by atoms with Crippen LogP contribution in [0.1, 0.15) is 21.5 Å². The minimum atomic E-state index is -0.161. The zero-order chi connectivity index (χ0) is 16.9. The highest BCUT2D eigenvalue weighted by Gasteiger charge is 2.06. The summed E-state index contributed by atoms with van der Waals surface area (Å²) < 4.78 is 0. The molecule has 0 unspecified atom stereocenters. The SMILES string of the molecule is Cc1cccc(Nc2ccc(NC(=O)c3cccc(C)c3)nc2)c1. The van der Waals surface area contributed by atoms with Gasteiger partial charge in [-0.25, -0.2) is 4.98 Å². The number of aryl methyl sites for hydroxylation is 2. The Bertz CT molecular complexity index is 857. The summed E-state index contributed by atoms with van der Waals surface area (Å²) >= 11 is 0. The van der Waals surface area contributed by atoms with Crippen LogP contribution in [0.15, 0.2) is 66.9 Å². The van der Waals surface area contributed by atoms with Crippen molar-refractivity contribution < 1.29 is 4.79 Å². The largest absolute Gasteiger partial charge is 0.354 e. The van der Waals surface area contributed by atoms with Gasteiger partial charge >= 0.3 is 0 Å². The fourth-order valence-electron chi connectivity index (χ4n) is 2.41. The molecule has 120 valence electrons. The van der Waals surface area contributed by atoms with Gasteiger partial charge in [0.2, 0.25) is 0 Å². The predicted molar refractivity (Wildman–Crippen MR) is 97.8 cm³/mol. The Morgan fingerprint density at radius 1 is 0.875 bits per heavy atom. The lowest BCUT2D eigenvalue weighted by Crippen LogP contribution is -2.13. The highest BCUT2D eigenvalue weighted by Crippen LogP contribution is 2.18. The van der Waals surface area contributed by atoms with Crippen LogP contribution in [0.2, 0.25) is 0 Å². The number of carbonyl (C=O) groups is 1. The number of amides is 1. The number of benzene rings is 2. The molecule has 0 saturated heterocycles. The van der Waals surface area contributed by atoms with Gasteiger partial charge in [-0.15, -0.1) is 0 Å². The van der Waals surface area contributed by atoms with Crippen molar-refractivity contribution in [2.45, 2.75) is 13.8 Å². The Morgan fingerprint density at radius 3 is 2.29 bits per heavy atom. The van der Waals surface area contributed by atoms with Crippen molar-refractivity contribution in [1.29, 1.82) is 0 Å². The van der Waals surface area contributed by atoms with Gasteiger partial charge in [-0.05, 0) is 55.8 Å². The normalized spacial score (nSPS) is 10.2. The average molecular weight is 317 g/mol. The van der Waals surface area contributed by atoms with E-state index in [9.17, 15) is 4.79 Å². The van der Waals surface area contributed by atoms with E-state index < -0.39 is 0 Å². The first kappa shape index (κ1) is 15.7. The molecule has 0 bridgehead atoms. The minimum Gasteiger partial charge on any atom is -0.354 e. The number of nitrogens with one attached hydrogen (secondary N) is 2. The second-order valence-electron chi connectivity index (χ2n) is 5.75. The van der Waals surface area contributed by atoms with Crippen LogP contribution in [0, 0.1) is 13.8 Å². The van der Waals surface area contributed by atoms with Crippen molar-refractivity contribution in [3.63, 3.8) is 0 Å². The summed E-state index contributed by atoms with van der Waals surface area (Å²) in [6, 6.07) is 19.3. The smallest absolute Gasteiger partial charge is 0.256 e. The summed E-state index contributed by atoms with van der Waals surface area (Å²) in [6.45, 7) is 4.01. The molecule has 0 spiro atoms. The maximum atomic E-state index is 12.2. The molecule has 0 radical (unpaired) electrons. The number of pyridine rings is 1. The van der Waals surface area contributed by atoms with Crippen LogP contribution in [-0.2, 0) is 0 Å². The van der Waals surface area contributed by atoms with E-state index in [2.05, 4.69) is 21.7 Å². The quantitative estimate of drug-likeness (QED) is 0.733. The summed E-state index contributed by atoms with van der Waals surface area (Å²) in [7, 11) is 0. The van der Waals surface area contributed by atoms with Gasteiger partial charge in [-0.1, -0.05) is 29.8 Å². The van der Waals surface area contributed by atoms with E-state index >= 15 is 0 Å². The molecule has 4 nitrogen and oxygen atoms in total. The summed E-state index contributed by atoms with van der Waals surface area (Å²) in [6.07, 6.45) is 1.70. The zero-order valence-corrected chi connectivity index (χ0v) is 13.7. The van der Waals surface area contributed by atoms with Crippen LogP contribution in [0.4, 0.5) is 17.2 Å². The van der Waals surface area contributed by atoms with Gasteiger partial charge in [0.1, 0.15) is 5.82 Å². The monoisotopic (exact) mass is 317 g/mol.